The Kier molecular flexibility index (Phi) is 5.26. The molecule has 2 rings (SSSR count). The van der Waals surface area contributed by atoms with Crippen LogP contribution in [0.3, 0.4) is 0 Å². The van der Waals surface area contributed by atoms with E-state index in [9.17, 15) is 0 Å². The number of anilines is 1. The lowest BCUT2D eigenvalue weighted by Crippen LogP contribution is -2.47. The van der Waals surface area contributed by atoms with Crippen LogP contribution in [0.15, 0.2) is 24.3 Å². The van der Waals surface area contributed by atoms with Crippen LogP contribution in [0.4, 0.5) is 5.69 Å². The summed E-state index contributed by atoms with van der Waals surface area (Å²) < 4.78 is 0. The number of piperidine rings is 1. The summed E-state index contributed by atoms with van der Waals surface area (Å²) in [5.41, 5.74) is 2.98. The highest BCUT2D eigenvalue weighted by atomic mass is 15.2. The smallest absolute Gasteiger partial charge is 0.0401 e. The zero-order chi connectivity index (χ0) is 13.7. The Labute approximate surface area is 118 Å². The monoisotopic (exact) mass is 260 g/mol. The van der Waals surface area contributed by atoms with E-state index in [1.807, 2.05) is 0 Å². The van der Waals surface area contributed by atoms with Gasteiger partial charge in [-0.1, -0.05) is 38.5 Å². The quantitative estimate of drug-likeness (QED) is 0.870. The van der Waals surface area contributed by atoms with Crippen LogP contribution in [0, 0.1) is 0 Å². The molecule has 19 heavy (non-hydrogen) atoms. The van der Waals surface area contributed by atoms with Crippen LogP contribution in [0.5, 0.6) is 0 Å². The van der Waals surface area contributed by atoms with Crippen molar-refractivity contribution >= 4 is 5.69 Å². The number of hydrogen-bond donors (Lipinski definition) is 1. The largest absolute Gasteiger partial charge is 0.368 e. The molecule has 0 aromatic heterocycles. The van der Waals surface area contributed by atoms with E-state index in [1.54, 1.807) is 0 Å². The maximum atomic E-state index is 3.60. The van der Waals surface area contributed by atoms with Gasteiger partial charge in [0.15, 0.2) is 0 Å². The number of benzene rings is 1. The molecule has 106 valence electrons. The van der Waals surface area contributed by atoms with E-state index >= 15 is 0 Å². The van der Waals surface area contributed by atoms with Crippen molar-refractivity contribution in [1.29, 1.82) is 0 Å². The Balaban J connectivity index is 2.10. The second-order valence-electron chi connectivity index (χ2n) is 5.70. The molecule has 1 aromatic carbocycles. The molecule has 2 heteroatoms. The van der Waals surface area contributed by atoms with Crippen LogP contribution in [0.1, 0.15) is 45.6 Å². The molecule has 0 spiro atoms. The molecule has 0 bridgehead atoms. The summed E-state index contributed by atoms with van der Waals surface area (Å²) in [6, 6.07) is 10.3. The first-order chi connectivity index (χ1) is 9.26. The van der Waals surface area contributed by atoms with Gasteiger partial charge in [-0.15, -0.1) is 0 Å². The van der Waals surface area contributed by atoms with Crippen molar-refractivity contribution < 1.29 is 0 Å². The number of nitrogens with zero attached hydrogens (tertiary/aromatic N) is 1. The van der Waals surface area contributed by atoms with Crippen LogP contribution < -0.4 is 10.2 Å². The molecule has 0 aliphatic carbocycles. The predicted molar refractivity (Wildman–Crippen MR) is 83.9 cm³/mol. The third-order valence-electron chi connectivity index (χ3n) is 4.19. The number of hydrogen-bond acceptors (Lipinski definition) is 2. The maximum Gasteiger partial charge on any atom is 0.0401 e. The average molecular weight is 260 g/mol. The fourth-order valence-electron chi connectivity index (χ4n) is 3.28. The van der Waals surface area contributed by atoms with Crippen molar-refractivity contribution in [2.45, 2.75) is 58.5 Å². The molecule has 1 saturated heterocycles. The van der Waals surface area contributed by atoms with E-state index in [2.05, 4.69) is 55.3 Å². The van der Waals surface area contributed by atoms with Gasteiger partial charge in [-0.05, 0) is 44.4 Å². The van der Waals surface area contributed by atoms with Crippen molar-refractivity contribution in [2.24, 2.45) is 0 Å². The third-order valence-corrected chi connectivity index (χ3v) is 4.19. The van der Waals surface area contributed by atoms with Gasteiger partial charge in [-0.25, -0.2) is 0 Å². The molecule has 1 aliphatic rings. The fraction of sp³-hybridized carbons (Fsp3) is 0.647. The van der Waals surface area contributed by atoms with Gasteiger partial charge >= 0.3 is 0 Å². The highest BCUT2D eigenvalue weighted by Crippen LogP contribution is 2.28. The van der Waals surface area contributed by atoms with Gasteiger partial charge in [0.2, 0.25) is 0 Å². The second-order valence-corrected chi connectivity index (χ2v) is 5.70. The first-order valence-corrected chi connectivity index (χ1v) is 7.84. The van der Waals surface area contributed by atoms with E-state index in [1.165, 1.54) is 43.5 Å². The van der Waals surface area contributed by atoms with Crippen molar-refractivity contribution in [3.8, 4) is 0 Å². The Morgan fingerprint density at radius 3 is 2.74 bits per heavy atom. The van der Waals surface area contributed by atoms with Crippen LogP contribution in [0.2, 0.25) is 0 Å². The lowest BCUT2D eigenvalue weighted by Gasteiger charge is -2.40. The molecular weight excluding hydrogens is 232 g/mol. The maximum absolute atomic E-state index is 3.60. The van der Waals surface area contributed by atoms with Gasteiger partial charge in [-0.3, -0.25) is 0 Å². The lowest BCUT2D eigenvalue weighted by molar-refractivity contribution is 0.373. The summed E-state index contributed by atoms with van der Waals surface area (Å²) in [5, 5.41) is 3.60. The minimum Gasteiger partial charge on any atom is -0.368 e. The average Bonchev–Trinajstić information content (AvgIpc) is 2.41. The third kappa shape index (κ3) is 3.50. The number of aryl methyl sites for hydroxylation is 1. The molecule has 2 atom stereocenters. The minimum absolute atomic E-state index is 0.635. The molecule has 1 aliphatic heterocycles. The molecule has 2 unspecified atom stereocenters. The topological polar surface area (TPSA) is 15.3 Å². The van der Waals surface area contributed by atoms with E-state index in [0.29, 0.717) is 12.1 Å². The van der Waals surface area contributed by atoms with Crippen molar-refractivity contribution in [3.05, 3.63) is 29.8 Å². The van der Waals surface area contributed by atoms with Gasteiger partial charge in [0.05, 0.1) is 0 Å². The van der Waals surface area contributed by atoms with E-state index in [0.717, 1.165) is 6.54 Å². The molecule has 1 heterocycles. The molecule has 1 N–H and O–H groups in total. The summed E-state index contributed by atoms with van der Waals surface area (Å²) in [7, 11) is 0. The van der Waals surface area contributed by atoms with Crippen molar-refractivity contribution in [1.82, 2.24) is 5.32 Å². The SMILES string of the molecule is CCCc1ccccc1N1CCC(NCC)CC1C. The predicted octanol–water partition coefficient (Wildman–Crippen LogP) is 3.61. The highest BCUT2D eigenvalue weighted by Gasteiger charge is 2.25. The summed E-state index contributed by atoms with van der Waals surface area (Å²) in [5.74, 6) is 0. The zero-order valence-electron chi connectivity index (χ0n) is 12.7. The summed E-state index contributed by atoms with van der Waals surface area (Å²) in [6.45, 7) is 9.10. The van der Waals surface area contributed by atoms with Gasteiger partial charge in [-0.2, -0.15) is 0 Å². The van der Waals surface area contributed by atoms with Gasteiger partial charge in [0.1, 0.15) is 0 Å². The summed E-state index contributed by atoms with van der Waals surface area (Å²) >= 11 is 0. The Bertz CT molecular complexity index is 389. The summed E-state index contributed by atoms with van der Waals surface area (Å²) in [4.78, 5) is 2.61. The van der Waals surface area contributed by atoms with E-state index in [4.69, 9.17) is 0 Å². The second kappa shape index (κ2) is 6.95. The van der Waals surface area contributed by atoms with Crippen molar-refractivity contribution in [3.63, 3.8) is 0 Å². The number of rotatable bonds is 5. The van der Waals surface area contributed by atoms with Crippen LogP contribution >= 0.6 is 0 Å². The number of para-hydroxylation sites is 1. The van der Waals surface area contributed by atoms with E-state index < -0.39 is 0 Å². The Morgan fingerprint density at radius 1 is 1.26 bits per heavy atom. The van der Waals surface area contributed by atoms with Gasteiger partial charge in [0.25, 0.3) is 0 Å². The highest BCUT2D eigenvalue weighted by molar-refractivity contribution is 5.54. The molecule has 1 fully saturated rings. The van der Waals surface area contributed by atoms with Crippen LogP contribution in [0.25, 0.3) is 0 Å². The first kappa shape index (κ1) is 14.4. The van der Waals surface area contributed by atoms with Crippen LogP contribution in [-0.4, -0.2) is 25.2 Å². The number of nitrogens with one attached hydrogen (secondary N) is 1. The fourth-order valence-corrected chi connectivity index (χ4v) is 3.28. The first-order valence-electron chi connectivity index (χ1n) is 7.84. The Morgan fingerprint density at radius 2 is 2.05 bits per heavy atom. The standard InChI is InChI=1S/C17H28N2/c1-4-8-15-9-6-7-10-17(15)19-12-11-16(18-5-2)13-14(19)3/h6-7,9-10,14,16,18H,4-5,8,11-13H2,1-3H3. The molecule has 0 saturated carbocycles. The minimum atomic E-state index is 0.635. The molecular formula is C17H28N2. The molecule has 0 radical (unpaired) electrons. The van der Waals surface area contributed by atoms with Crippen molar-refractivity contribution in [2.75, 3.05) is 18.0 Å². The Hall–Kier alpha value is -1.02. The summed E-state index contributed by atoms with van der Waals surface area (Å²) in [6.07, 6.45) is 4.93. The molecule has 2 nitrogen and oxygen atoms in total. The normalized spacial score (nSPS) is 23.6. The molecule has 0 amide bonds. The lowest BCUT2D eigenvalue weighted by atomic mass is 9.96. The zero-order valence-corrected chi connectivity index (χ0v) is 12.7. The molecule has 1 aromatic rings. The van der Waals surface area contributed by atoms with Gasteiger partial charge < -0.3 is 10.2 Å². The van der Waals surface area contributed by atoms with Crippen LogP contribution in [-0.2, 0) is 6.42 Å². The van der Waals surface area contributed by atoms with E-state index in [-0.39, 0.29) is 0 Å². The van der Waals surface area contributed by atoms with Gasteiger partial charge in [0, 0.05) is 24.3 Å².